The van der Waals surface area contributed by atoms with Crippen LogP contribution in [0, 0.1) is 5.92 Å². The number of nitrogens with zero attached hydrogens (tertiary/aromatic N) is 4. The van der Waals surface area contributed by atoms with Crippen LogP contribution in [0.4, 0.5) is 32.2 Å². The summed E-state index contributed by atoms with van der Waals surface area (Å²) in [6.07, 6.45) is -5.64. The molecule has 0 atom stereocenters. The predicted octanol–water partition coefficient (Wildman–Crippen LogP) is 4.37. The summed E-state index contributed by atoms with van der Waals surface area (Å²) in [5.41, 5.74) is -1.33. The first-order valence-corrected chi connectivity index (χ1v) is 8.30. The molecule has 0 bridgehead atoms. The van der Waals surface area contributed by atoms with Crippen LogP contribution in [0.1, 0.15) is 29.7 Å². The molecule has 146 valence electrons. The fourth-order valence-corrected chi connectivity index (χ4v) is 3.07. The summed E-state index contributed by atoms with van der Waals surface area (Å²) in [5, 5.41) is 7.20. The van der Waals surface area contributed by atoms with Gasteiger partial charge in [0.05, 0.1) is 23.0 Å². The molecular weight excluding hydrogens is 374 g/mol. The Labute approximate surface area is 151 Å². The standard InChI is InChI=1S/C17H16F6N4/c18-16(19,20)12-1-2-15(24-9-12)27-5-3-11(4-6-27)7-14-8-13(10-25-26-14)17(21,22)23/h1-2,8-11H,3-7H2. The second-order valence-corrected chi connectivity index (χ2v) is 6.47. The molecule has 0 saturated carbocycles. The second kappa shape index (κ2) is 7.32. The third kappa shape index (κ3) is 4.86. The predicted molar refractivity (Wildman–Crippen MR) is 84.9 cm³/mol. The zero-order valence-electron chi connectivity index (χ0n) is 14.1. The lowest BCUT2D eigenvalue weighted by Crippen LogP contribution is -2.35. The van der Waals surface area contributed by atoms with Crippen LogP contribution >= 0.6 is 0 Å². The highest BCUT2D eigenvalue weighted by Gasteiger charge is 2.32. The Balaban J connectivity index is 1.58. The van der Waals surface area contributed by atoms with Gasteiger partial charge in [0.1, 0.15) is 5.82 Å². The van der Waals surface area contributed by atoms with Gasteiger partial charge in [0, 0.05) is 19.3 Å². The molecule has 1 aliphatic rings. The van der Waals surface area contributed by atoms with E-state index in [1.807, 2.05) is 4.90 Å². The topological polar surface area (TPSA) is 41.9 Å². The van der Waals surface area contributed by atoms with Gasteiger partial charge in [-0.1, -0.05) is 0 Å². The Hall–Kier alpha value is -2.39. The molecule has 2 aromatic rings. The number of pyridine rings is 1. The van der Waals surface area contributed by atoms with Crippen LogP contribution in [0.2, 0.25) is 0 Å². The number of hydrogen-bond acceptors (Lipinski definition) is 4. The van der Waals surface area contributed by atoms with Gasteiger partial charge in [-0.05, 0) is 43.4 Å². The van der Waals surface area contributed by atoms with Crippen molar-refractivity contribution in [2.75, 3.05) is 18.0 Å². The van der Waals surface area contributed by atoms with Crippen molar-refractivity contribution in [2.24, 2.45) is 5.92 Å². The molecule has 1 fully saturated rings. The highest BCUT2D eigenvalue weighted by Crippen LogP contribution is 2.31. The first-order valence-electron chi connectivity index (χ1n) is 8.30. The van der Waals surface area contributed by atoms with Crippen LogP contribution in [0.15, 0.2) is 30.6 Å². The average molecular weight is 390 g/mol. The minimum absolute atomic E-state index is 0.133. The molecule has 27 heavy (non-hydrogen) atoms. The lowest BCUT2D eigenvalue weighted by molar-refractivity contribution is -0.138. The number of hydrogen-bond donors (Lipinski definition) is 0. The van der Waals surface area contributed by atoms with Crippen LogP contribution in [-0.4, -0.2) is 28.3 Å². The molecule has 1 aliphatic heterocycles. The summed E-state index contributed by atoms with van der Waals surface area (Å²) in [4.78, 5) is 5.74. The van der Waals surface area contributed by atoms with Crippen molar-refractivity contribution < 1.29 is 26.3 Å². The summed E-state index contributed by atoms with van der Waals surface area (Å²) in [6, 6.07) is 3.34. The highest BCUT2D eigenvalue weighted by atomic mass is 19.4. The van der Waals surface area contributed by atoms with E-state index in [-0.39, 0.29) is 11.6 Å². The molecule has 0 N–H and O–H groups in total. The van der Waals surface area contributed by atoms with Gasteiger partial charge in [0.25, 0.3) is 0 Å². The molecule has 0 aliphatic carbocycles. The molecular formula is C17H16F6N4. The molecule has 0 unspecified atom stereocenters. The number of halogens is 6. The molecule has 2 aromatic heterocycles. The minimum Gasteiger partial charge on any atom is -0.357 e. The monoisotopic (exact) mass is 390 g/mol. The Morgan fingerprint density at radius 2 is 1.59 bits per heavy atom. The Morgan fingerprint density at radius 1 is 0.926 bits per heavy atom. The maximum atomic E-state index is 12.7. The second-order valence-electron chi connectivity index (χ2n) is 6.47. The van der Waals surface area contributed by atoms with Crippen LogP contribution < -0.4 is 4.90 Å². The van der Waals surface area contributed by atoms with Crippen molar-refractivity contribution in [3.63, 3.8) is 0 Å². The molecule has 3 heterocycles. The van der Waals surface area contributed by atoms with Gasteiger partial charge < -0.3 is 4.90 Å². The molecule has 10 heteroatoms. The molecule has 0 amide bonds. The maximum Gasteiger partial charge on any atom is 0.418 e. The number of anilines is 1. The molecule has 1 saturated heterocycles. The van der Waals surface area contributed by atoms with Crippen molar-refractivity contribution in [3.05, 3.63) is 47.4 Å². The van der Waals surface area contributed by atoms with Crippen LogP contribution in [0.3, 0.4) is 0 Å². The Kier molecular flexibility index (Phi) is 5.25. The molecule has 3 rings (SSSR count). The number of piperidine rings is 1. The Bertz CT molecular complexity index is 764. The normalized spacial score (nSPS) is 16.6. The summed E-state index contributed by atoms with van der Waals surface area (Å²) in [5.74, 6) is 0.591. The SMILES string of the molecule is FC(F)(F)c1ccc(N2CCC(Cc3cc(C(F)(F)F)cnn3)CC2)nc1. The number of rotatable bonds is 3. The van der Waals surface area contributed by atoms with E-state index >= 15 is 0 Å². The van der Waals surface area contributed by atoms with Crippen molar-refractivity contribution in [1.82, 2.24) is 15.2 Å². The fraction of sp³-hybridized carbons (Fsp3) is 0.471. The largest absolute Gasteiger partial charge is 0.418 e. The Morgan fingerprint density at radius 3 is 2.15 bits per heavy atom. The zero-order chi connectivity index (χ0) is 19.7. The molecule has 0 spiro atoms. The average Bonchev–Trinajstić information content (AvgIpc) is 2.61. The maximum absolute atomic E-state index is 12.7. The quantitative estimate of drug-likeness (QED) is 0.730. The van der Waals surface area contributed by atoms with Gasteiger partial charge in [-0.3, -0.25) is 0 Å². The van der Waals surface area contributed by atoms with Crippen molar-refractivity contribution in [1.29, 1.82) is 0 Å². The van der Waals surface area contributed by atoms with Crippen LogP contribution in [0.25, 0.3) is 0 Å². The molecule has 0 radical (unpaired) electrons. The number of alkyl halides is 6. The van der Waals surface area contributed by atoms with E-state index in [0.29, 0.717) is 44.4 Å². The van der Waals surface area contributed by atoms with Gasteiger partial charge in [-0.25, -0.2) is 4.98 Å². The van der Waals surface area contributed by atoms with E-state index in [0.717, 1.165) is 18.3 Å². The van der Waals surface area contributed by atoms with Gasteiger partial charge in [-0.15, -0.1) is 0 Å². The third-order valence-corrected chi connectivity index (χ3v) is 4.54. The molecule has 4 nitrogen and oxygen atoms in total. The third-order valence-electron chi connectivity index (χ3n) is 4.54. The van der Waals surface area contributed by atoms with Crippen molar-refractivity contribution in [2.45, 2.75) is 31.6 Å². The van der Waals surface area contributed by atoms with Gasteiger partial charge in [-0.2, -0.15) is 36.5 Å². The minimum atomic E-state index is -4.46. The van der Waals surface area contributed by atoms with Gasteiger partial charge >= 0.3 is 12.4 Å². The summed E-state index contributed by atoms with van der Waals surface area (Å²) in [7, 11) is 0. The number of aromatic nitrogens is 3. The first kappa shape index (κ1) is 19.4. The summed E-state index contributed by atoms with van der Waals surface area (Å²) >= 11 is 0. The fourth-order valence-electron chi connectivity index (χ4n) is 3.07. The van der Waals surface area contributed by atoms with Crippen LogP contribution in [-0.2, 0) is 18.8 Å². The van der Waals surface area contributed by atoms with E-state index in [4.69, 9.17) is 0 Å². The highest BCUT2D eigenvalue weighted by molar-refractivity contribution is 5.40. The van der Waals surface area contributed by atoms with E-state index in [1.165, 1.54) is 6.07 Å². The van der Waals surface area contributed by atoms with Crippen molar-refractivity contribution >= 4 is 5.82 Å². The smallest absolute Gasteiger partial charge is 0.357 e. The van der Waals surface area contributed by atoms with E-state index < -0.39 is 23.5 Å². The summed E-state index contributed by atoms with van der Waals surface area (Å²) in [6.45, 7) is 1.13. The molecule has 0 aromatic carbocycles. The van der Waals surface area contributed by atoms with Gasteiger partial charge in [0.2, 0.25) is 0 Å². The summed E-state index contributed by atoms with van der Waals surface area (Å²) < 4.78 is 76.0. The van der Waals surface area contributed by atoms with Crippen molar-refractivity contribution in [3.8, 4) is 0 Å². The van der Waals surface area contributed by atoms with Crippen LogP contribution in [0.5, 0.6) is 0 Å². The zero-order valence-corrected chi connectivity index (χ0v) is 14.1. The van der Waals surface area contributed by atoms with Gasteiger partial charge in [0.15, 0.2) is 0 Å². The van der Waals surface area contributed by atoms with E-state index in [9.17, 15) is 26.3 Å². The van der Waals surface area contributed by atoms with E-state index in [1.54, 1.807) is 0 Å². The first-order chi connectivity index (χ1) is 12.6. The van der Waals surface area contributed by atoms with E-state index in [2.05, 4.69) is 15.2 Å². The lowest BCUT2D eigenvalue weighted by Gasteiger charge is -2.32. The lowest BCUT2D eigenvalue weighted by atomic mass is 9.92.